The molecule has 1 saturated carbocycles. The number of rotatable bonds is 10. The highest BCUT2D eigenvalue weighted by molar-refractivity contribution is 7.11. The SMILES string of the molecule is C=CCOC(=O)C1(C)CC(CN2CC[C@H]3[C@@H]2C(F)(F)CN3CC2=C(C(=O)O)[C@H](c3cccc(F)c3C)N=C(c3nccs3)N2)C1. The van der Waals surface area contributed by atoms with Crippen LogP contribution in [0.2, 0.25) is 0 Å². The van der Waals surface area contributed by atoms with Gasteiger partial charge in [0.05, 0.1) is 23.6 Å². The first kappa shape index (κ1) is 31.4. The summed E-state index contributed by atoms with van der Waals surface area (Å²) in [7, 11) is 0. The zero-order chi connectivity index (χ0) is 32.1. The number of aliphatic carboxylic acids is 1. The first-order valence-corrected chi connectivity index (χ1v) is 15.9. The molecule has 2 N–H and O–H groups in total. The number of aliphatic imine (C=N–C) groups is 1. The van der Waals surface area contributed by atoms with Gasteiger partial charge in [0, 0.05) is 43.0 Å². The number of likely N-dealkylation sites (tertiary alicyclic amines) is 2. The van der Waals surface area contributed by atoms with E-state index >= 15 is 8.78 Å². The molecule has 0 radical (unpaired) electrons. The number of nitrogens with one attached hydrogen (secondary N) is 1. The maximum atomic E-state index is 15.7. The number of alkyl halides is 2. The summed E-state index contributed by atoms with van der Waals surface area (Å²) in [5.41, 5.74) is 0.168. The minimum Gasteiger partial charge on any atom is -0.478 e. The Kier molecular flexibility index (Phi) is 8.38. The molecule has 9 nitrogen and oxygen atoms in total. The third-order valence-electron chi connectivity index (χ3n) is 9.54. The number of hydrogen-bond donors (Lipinski definition) is 2. The molecule has 3 fully saturated rings. The number of halogens is 3. The van der Waals surface area contributed by atoms with Crippen LogP contribution in [0.3, 0.4) is 0 Å². The van der Waals surface area contributed by atoms with Crippen LogP contribution in [0.15, 0.2) is 58.7 Å². The zero-order valence-electron chi connectivity index (χ0n) is 25.1. The van der Waals surface area contributed by atoms with E-state index in [1.807, 2.05) is 11.8 Å². The van der Waals surface area contributed by atoms with Gasteiger partial charge in [0.2, 0.25) is 0 Å². The summed E-state index contributed by atoms with van der Waals surface area (Å²) in [6, 6.07) is 1.86. The highest BCUT2D eigenvalue weighted by Crippen LogP contribution is 2.49. The first-order chi connectivity index (χ1) is 21.4. The second kappa shape index (κ2) is 12.0. The van der Waals surface area contributed by atoms with Crippen LogP contribution in [0.4, 0.5) is 13.2 Å². The zero-order valence-corrected chi connectivity index (χ0v) is 26.0. The first-order valence-electron chi connectivity index (χ1n) is 15.0. The quantitative estimate of drug-likeness (QED) is 0.287. The summed E-state index contributed by atoms with van der Waals surface area (Å²) in [6.45, 7) is 7.46. The topological polar surface area (TPSA) is 107 Å². The molecule has 6 rings (SSSR count). The number of fused-ring (bicyclic) bond motifs is 1. The highest BCUT2D eigenvalue weighted by atomic mass is 32.1. The number of amidine groups is 1. The highest BCUT2D eigenvalue weighted by Gasteiger charge is 2.60. The van der Waals surface area contributed by atoms with E-state index in [1.54, 1.807) is 29.5 Å². The molecular weight excluding hydrogens is 607 g/mol. The number of carbonyl (C=O) groups is 2. The van der Waals surface area contributed by atoms with Gasteiger partial charge in [-0.05, 0) is 56.2 Å². The summed E-state index contributed by atoms with van der Waals surface area (Å²) in [5, 5.41) is 15.8. The Labute approximate surface area is 263 Å². The predicted molar refractivity (Wildman–Crippen MR) is 163 cm³/mol. The minimum atomic E-state index is -3.03. The number of carboxylic acids is 1. The molecule has 1 aliphatic carbocycles. The van der Waals surface area contributed by atoms with Crippen molar-refractivity contribution in [1.29, 1.82) is 0 Å². The fourth-order valence-electron chi connectivity index (χ4n) is 7.55. The summed E-state index contributed by atoms with van der Waals surface area (Å²) in [4.78, 5) is 37.7. The van der Waals surface area contributed by atoms with Crippen molar-refractivity contribution < 1.29 is 32.6 Å². The van der Waals surface area contributed by atoms with E-state index in [1.165, 1.54) is 29.5 Å². The van der Waals surface area contributed by atoms with Gasteiger partial charge in [0.25, 0.3) is 5.92 Å². The van der Waals surface area contributed by atoms with Crippen LogP contribution < -0.4 is 5.32 Å². The van der Waals surface area contributed by atoms with Gasteiger partial charge < -0.3 is 15.2 Å². The number of hydrogen-bond acceptors (Lipinski definition) is 9. The molecule has 1 aromatic heterocycles. The lowest BCUT2D eigenvalue weighted by Crippen LogP contribution is -2.51. The molecule has 2 aromatic rings. The number of carbonyl (C=O) groups excluding carboxylic acids is 1. The number of aromatic nitrogens is 1. The Balaban J connectivity index is 1.24. The van der Waals surface area contributed by atoms with Gasteiger partial charge in [-0.25, -0.2) is 22.9 Å². The van der Waals surface area contributed by atoms with Crippen molar-refractivity contribution in [3.63, 3.8) is 0 Å². The number of benzene rings is 1. The van der Waals surface area contributed by atoms with E-state index in [2.05, 4.69) is 21.9 Å². The normalized spacial score (nSPS) is 29.5. The van der Waals surface area contributed by atoms with Crippen molar-refractivity contribution in [3.05, 3.63) is 75.7 Å². The molecule has 0 bridgehead atoms. The molecule has 0 unspecified atom stereocenters. The standard InChI is InChI=1S/C32H36F3N5O4S/c1-4-11-44-30(43)31(3)13-19(14-31)15-39-10-8-23-26(39)32(34,35)17-40(23)16-22-24(29(41)42)25(20-6-5-7-21(33)18(20)2)38-27(37-22)28-36-9-12-45-28/h4-7,9,12,19,23,25-26H,1,8,10-11,13-17H2,2-3H3,(H,37,38)(H,41,42)/t19?,23-,25-,26+,31?/m0/s1. The van der Waals surface area contributed by atoms with Gasteiger partial charge in [-0.2, -0.15) is 0 Å². The average Bonchev–Trinajstić information content (AvgIpc) is 3.71. The molecule has 3 aliphatic heterocycles. The van der Waals surface area contributed by atoms with Crippen molar-refractivity contribution in [2.75, 3.05) is 32.8 Å². The Morgan fingerprint density at radius 2 is 2.07 bits per heavy atom. The van der Waals surface area contributed by atoms with Crippen LogP contribution in [0.1, 0.15) is 48.4 Å². The Hall–Kier alpha value is -3.55. The second-order valence-corrected chi connectivity index (χ2v) is 13.6. The molecule has 0 spiro atoms. The summed E-state index contributed by atoms with van der Waals surface area (Å²) >= 11 is 1.30. The van der Waals surface area contributed by atoms with Gasteiger partial charge in [-0.1, -0.05) is 24.8 Å². The third-order valence-corrected chi connectivity index (χ3v) is 10.3. The maximum Gasteiger partial charge on any atom is 0.335 e. The van der Waals surface area contributed by atoms with Gasteiger partial charge >= 0.3 is 11.9 Å². The fourth-order valence-corrected chi connectivity index (χ4v) is 8.14. The van der Waals surface area contributed by atoms with Gasteiger partial charge in [0.15, 0.2) is 10.8 Å². The Morgan fingerprint density at radius 3 is 2.76 bits per heavy atom. The Bertz CT molecular complexity index is 1560. The lowest BCUT2D eigenvalue weighted by molar-refractivity contribution is -0.163. The van der Waals surface area contributed by atoms with E-state index in [4.69, 9.17) is 4.74 Å². The Morgan fingerprint density at radius 1 is 1.29 bits per heavy atom. The van der Waals surface area contributed by atoms with Crippen LogP contribution >= 0.6 is 11.3 Å². The van der Waals surface area contributed by atoms with Crippen LogP contribution in [0.5, 0.6) is 0 Å². The fraction of sp³-hybridized carbons (Fsp3) is 0.500. The number of carboxylic acid groups (broad SMARTS) is 1. The number of thiazole rings is 1. The van der Waals surface area contributed by atoms with E-state index in [-0.39, 0.29) is 41.9 Å². The van der Waals surface area contributed by atoms with Crippen molar-refractivity contribution >= 4 is 29.1 Å². The second-order valence-electron chi connectivity index (χ2n) is 12.7. The van der Waals surface area contributed by atoms with E-state index in [0.717, 1.165) is 0 Å². The molecule has 13 heteroatoms. The van der Waals surface area contributed by atoms with Crippen LogP contribution in [0, 0.1) is 24.1 Å². The van der Waals surface area contributed by atoms with Crippen molar-refractivity contribution in [3.8, 4) is 0 Å². The largest absolute Gasteiger partial charge is 0.478 e. The molecular formula is C32H36F3N5O4S. The molecule has 4 aliphatic rings. The van der Waals surface area contributed by atoms with Crippen molar-refractivity contribution in [1.82, 2.24) is 20.1 Å². The maximum absolute atomic E-state index is 15.7. The van der Waals surface area contributed by atoms with Crippen LogP contribution in [0.25, 0.3) is 0 Å². The molecule has 1 aromatic carbocycles. The minimum absolute atomic E-state index is 0.0713. The molecule has 45 heavy (non-hydrogen) atoms. The van der Waals surface area contributed by atoms with E-state index in [0.29, 0.717) is 48.8 Å². The monoisotopic (exact) mass is 643 g/mol. The molecule has 2 saturated heterocycles. The van der Waals surface area contributed by atoms with Gasteiger partial charge in [-0.15, -0.1) is 11.3 Å². The lowest BCUT2D eigenvalue weighted by atomic mass is 9.63. The molecule has 3 atom stereocenters. The summed E-state index contributed by atoms with van der Waals surface area (Å²) in [6.07, 6.45) is 4.76. The van der Waals surface area contributed by atoms with E-state index in [9.17, 15) is 19.1 Å². The predicted octanol–water partition coefficient (Wildman–Crippen LogP) is 4.56. The smallest absolute Gasteiger partial charge is 0.335 e. The van der Waals surface area contributed by atoms with Gasteiger partial charge in [0.1, 0.15) is 18.5 Å². The van der Waals surface area contributed by atoms with Crippen LogP contribution in [-0.2, 0) is 14.3 Å². The summed E-state index contributed by atoms with van der Waals surface area (Å²) < 4.78 is 51.3. The number of ether oxygens (including phenoxy) is 1. The lowest BCUT2D eigenvalue weighted by Gasteiger charge is -2.45. The third kappa shape index (κ3) is 5.81. The number of esters is 1. The molecule has 240 valence electrons. The van der Waals surface area contributed by atoms with Crippen LogP contribution in [-0.4, -0.2) is 88.5 Å². The van der Waals surface area contributed by atoms with Gasteiger partial charge in [-0.3, -0.25) is 19.6 Å². The van der Waals surface area contributed by atoms with Crippen molar-refractivity contribution in [2.24, 2.45) is 16.3 Å². The van der Waals surface area contributed by atoms with Crippen molar-refractivity contribution in [2.45, 2.75) is 57.2 Å². The molecule has 4 heterocycles. The summed E-state index contributed by atoms with van der Waals surface area (Å²) in [5.74, 6) is -4.65. The van der Waals surface area contributed by atoms with E-state index < -0.39 is 47.8 Å². The molecule has 0 amide bonds. The average molecular weight is 644 g/mol. The number of nitrogens with zero attached hydrogens (tertiary/aromatic N) is 4.